The molecular formula is C28H33FN4O4. The lowest BCUT2D eigenvalue weighted by atomic mass is 9.90. The van der Waals surface area contributed by atoms with Gasteiger partial charge in [-0.15, -0.1) is 0 Å². The highest BCUT2D eigenvalue weighted by Crippen LogP contribution is 2.33. The average Bonchev–Trinajstić information content (AvgIpc) is 3.30. The topological polar surface area (TPSA) is 85.7 Å². The molecule has 2 amide bonds. The molecule has 0 saturated carbocycles. The minimum Gasteiger partial charge on any atom is -0.497 e. The lowest BCUT2D eigenvalue weighted by molar-refractivity contribution is 0.0203. The van der Waals surface area contributed by atoms with Crippen molar-refractivity contribution >= 4 is 17.7 Å². The lowest BCUT2D eigenvalue weighted by Crippen LogP contribution is -2.41. The van der Waals surface area contributed by atoms with Crippen LogP contribution in [0, 0.1) is 12.7 Å². The molecule has 9 heteroatoms. The van der Waals surface area contributed by atoms with E-state index in [0.29, 0.717) is 48.5 Å². The van der Waals surface area contributed by atoms with Gasteiger partial charge in [0.2, 0.25) is 0 Å². The molecule has 3 aromatic rings. The number of hydrogen-bond acceptors (Lipinski definition) is 5. The van der Waals surface area contributed by atoms with Crippen molar-refractivity contribution < 1.29 is 23.5 Å². The van der Waals surface area contributed by atoms with Crippen molar-refractivity contribution in [2.75, 3.05) is 25.5 Å². The van der Waals surface area contributed by atoms with Crippen LogP contribution in [0.2, 0.25) is 0 Å². The summed E-state index contributed by atoms with van der Waals surface area (Å²) in [6, 6.07) is 11.7. The number of nitrogens with one attached hydrogen (secondary N) is 1. The first kappa shape index (κ1) is 26.2. The summed E-state index contributed by atoms with van der Waals surface area (Å²) in [6.07, 6.45) is 2.53. The van der Waals surface area contributed by atoms with Gasteiger partial charge in [0.15, 0.2) is 0 Å². The summed E-state index contributed by atoms with van der Waals surface area (Å²) in [7, 11) is 1.60. The third kappa shape index (κ3) is 6.10. The van der Waals surface area contributed by atoms with E-state index >= 15 is 0 Å². The molecule has 2 aromatic carbocycles. The smallest absolute Gasteiger partial charge is 0.410 e. The predicted molar refractivity (Wildman–Crippen MR) is 139 cm³/mol. The number of carbonyl (C=O) groups excluding carboxylic acids is 2. The van der Waals surface area contributed by atoms with Crippen LogP contribution in [0.5, 0.6) is 5.75 Å². The van der Waals surface area contributed by atoms with Crippen LogP contribution in [0.25, 0.3) is 5.69 Å². The molecular weight excluding hydrogens is 475 g/mol. The highest BCUT2D eigenvalue weighted by molar-refractivity contribution is 6.05. The van der Waals surface area contributed by atoms with E-state index < -0.39 is 5.60 Å². The highest BCUT2D eigenvalue weighted by atomic mass is 19.1. The normalized spacial score (nSPS) is 14.4. The van der Waals surface area contributed by atoms with Crippen LogP contribution in [0.4, 0.5) is 14.9 Å². The van der Waals surface area contributed by atoms with Crippen molar-refractivity contribution in [2.24, 2.45) is 0 Å². The van der Waals surface area contributed by atoms with Crippen LogP contribution in [0.1, 0.15) is 61.1 Å². The van der Waals surface area contributed by atoms with Crippen molar-refractivity contribution in [3.8, 4) is 11.4 Å². The van der Waals surface area contributed by atoms with Gasteiger partial charge in [-0.05, 0) is 88.6 Å². The monoisotopic (exact) mass is 508 g/mol. The fourth-order valence-electron chi connectivity index (χ4n) is 4.47. The number of carbonyl (C=O) groups is 2. The minimum atomic E-state index is -0.565. The maximum atomic E-state index is 13.6. The Kier molecular flexibility index (Phi) is 7.52. The summed E-state index contributed by atoms with van der Waals surface area (Å²) in [5.41, 5.74) is 2.60. The van der Waals surface area contributed by atoms with Crippen molar-refractivity contribution in [2.45, 2.75) is 52.1 Å². The van der Waals surface area contributed by atoms with Crippen LogP contribution < -0.4 is 10.1 Å². The Balaban J connectivity index is 1.63. The summed E-state index contributed by atoms with van der Waals surface area (Å²) >= 11 is 0. The molecule has 1 fully saturated rings. The van der Waals surface area contributed by atoms with Crippen LogP contribution in [-0.2, 0) is 4.74 Å². The summed E-state index contributed by atoms with van der Waals surface area (Å²) in [6.45, 7) is 8.29. The van der Waals surface area contributed by atoms with Gasteiger partial charge in [0.1, 0.15) is 17.2 Å². The highest BCUT2D eigenvalue weighted by Gasteiger charge is 2.32. The van der Waals surface area contributed by atoms with Gasteiger partial charge >= 0.3 is 6.09 Å². The van der Waals surface area contributed by atoms with Crippen molar-refractivity contribution in [1.29, 1.82) is 0 Å². The molecule has 1 N–H and O–H groups in total. The van der Waals surface area contributed by atoms with Gasteiger partial charge in [0.05, 0.1) is 30.3 Å². The fraction of sp³-hybridized carbons (Fsp3) is 0.393. The van der Waals surface area contributed by atoms with E-state index in [1.165, 1.54) is 12.1 Å². The number of aromatic nitrogens is 2. The van der Waals surface area contributed by atoms with Gasteiger partial charge in [0, 0.05) is 24.7 Å². The van der Waals surface area contributed by atoms with E-state index in [9.17, 15) is 14.0 Å². The number of nitrogens with zero attached hydrogens (tertiary/aromatic N) is 3. The summed E-state index contributed by atoms with van der Waals surface area (Å²) in [5, 5.41) is 7.47. The number of likely N-dealkylation sites (tertiary alicyclic amines) is 1. The predicted octanol–water partition coefficient (Wildman–Crippen LogP) is 5.70. The number of rotatable bonds is 5. The third-order valence-corrected chi connectivity index (χ3v) is 6.34. The molecule has 196 valence electrons. The van der Waals surface area contributed by atoms with Crippen molar-refractivity contribution in [3.05, 3.63) is 71.3 Å². The molecule has 37 heavy (non-hydrogen) atoms. The summed E-state index contributed by atoms with van der Waals surface area (Å²) < 4.78 is 26.2. The summed E-state index contributed by atoms with van der Waals surface area (Å²) in [4.78, 5) is 27.7. The molecule has 0 radical (unpaired) electrons. The molecule has 0 atom stereocenters. The first-order valence-corrected chi connectivity index (χ1v) is 12.3. The molecule has 1 aliphatic rings. The first-order valence-electron chi connectivity index (χ1n) is 12.3. The van der Waals surface area contributed by atoms with E-state index in [4.69, 9.17) is 9.47 Å². The molecule has 1 aliphatic heterocycles. The van der Waals surface area contributed by atoms with Gasteiger partial charge in [0.25, 0.3) is 5.91 Å². The quantitative estimate of drug-likeness (QED) is 0.478. The minimum absolute atomic E-state index is 0.0154. The van der Waals surface area contributed by atoms with E-state index in [1.54, 1.807) is 35.9 Å². The Labute approximate surface area is 216 Å². The maximum absolute atomic E-state index is 13.6. The fourth-order valence-corrected chi connectivity index (χ4v) is 4.47. The van der Waals surface area contributed by atoms with Gasteiger partial charge in [-0.1, -0.05) is 0 Å². The van der Waals surface area contributed by atoms with Gasteiger partial charge < -0.3 is 19.7 Å². The molecule has 8 nitrogen and oxygen atoms in total. The molecule has 1 saturated heterocycles. The van der Waals surface area contributed by atoms with E-state index in [-0.39, 0.29) is 23.7 Å². The molecule has 4 rings (SSSR count). The van der Waals surface area contributed by atoms with Gasteiger partial charge in [-0.25, -0.2) is 13.9 Å². The number of aryl methyl sites for hydroxylation is 1. The number of hydrogen-bond donors (Lipinski definition) is 1. The number of amides is 2. The second kappa shape index (κ2) is 10.6. The molecule has 1 aromatic heterocycles. The van der Waals surface area contributed by atoms with Crippen molar-refractivity contribution in [3.63, 3.8) is 0 Å². The van der Waals surface area contributed by atoms with E-state index in [0.717, 1.165) is 11.4 Å². The van der Waals surface area contributed by atoms with Gasteiger partial charge in [-0.2, -0.15) is 5.10 Å². The average molecular weight is 509 g/mol. The largest absolute Gasteiger partial charge is 0.497 e. The third-order valence-electron chi connectivity index (χ3n) is 6.34. The SMILES string of the molecule is COc1ccc(-n2ncc(C(=O)Nc3ccc(F)cc3C)c2C2CCN(C(=O)OC(C)(C)C)CC2)cc1. The maximum Gasteiger partial charge on any atom is 0.410 e. The molecule has 0 unspecified atom stereocenters. The zero-order valence-corrected chi connectivity index (χ0v) is 21.9. The Morgan fingerprint density at radius 1 is 1.08 bits per heavy atom. The zero-order valence-electron chi connectivity index (χ0n) is 21.9. The second-order valence-corrected chi connectivity index (χ2v) is 10.2. The number of ether oxygens (including phenoxy) is 2. The van der Waals surface area contributed by atoms with Crippen LogP contribution in [0.3, 0.4) is 0 Å². The molecule has 0 bridgehead atoms. The van der Waals surface area contributed by atoms with Crippen LogP contribution in [0.15, 0.2) is 48.7 Å². The second-order valence-electron chi connectivity index (χ2n) is 10.2. The number of halogens is 1. The number of benzene rings is 2. The Morgan fingerprint density at radius 2 is 1.76 bits per heavy atom. The Bertz CT molecular complexity index is 1270. The van der Waals surface area contributed by atoms with E-state index in [2.05, 4.69) is 10.4 Å². The Hall–Kier alpha value is -3.88. The number of methoxy groups -OCH3 is 1. The standard InChI is InChI=1S/C28H33FN4O4/c1-18-16-20(29)6-11-24(18)31-26(34)23-17-30-33(21-7-9-22(36-5)10-8-21)25(23)19-12-14-32(15-13-19)27(35)37-28(2,3)4/h6-11,16-17,19H,12-15H2,1-5H3,(H,31,34). The molecule has 0 aliphatic carbocycles. The number of piperidine rings is 1. The molecule has 0 spiro atoms. The first-order chi connectivity index (χ1) is 17.6. The van der Waals surface area contributed by atoms with Crippen LogP contribution in [-0.4, -0.2) is 52.5 Å². The van der Waals surface area contributed by atoms with Gasteiger partial charge in [-0.3, -0.25) is 4.79 Å². The number of anilines is 1. The van der Waals surface area contributed by atoms with E-state index in [1.807, 2.05) is 45.0 Å². The molecule has 2 heterocycles. The lowest BCUT2D eigenvalue weighted by Gasteiger charge is -2.34. The van der Waals surface area contributed by atoms with Crippen molar-refractivity contribution in [1.82, 2.24) is 14.7 Å². The Morgan fingerprint density at radius 3 is 2.35 bits per heavy atom. The van der Waals surface area contributed by atoms with Crippen LogP contribution >= 0.6 is 0 Å². The zero-order chi connectivity index (χ0) is 26.7. The summed E-state index contributed by atoms with van der Waals surface area (Å²) in [5.74, 6) is 0.0190.